The van der Waals surface area contributed by atoms with Gasteiger partial charge in [-0.1, -0.05) is 0 Å². The van der Waals surface area contributed by atoms with Gasteiger partial charge in [0.1, 0.15) is 6.20 Å². The van der Waals surface area contributed by atoms with E-state index in [-0.39, 0.29) is 11.1 Å². The van der Waals surface area contributed by atoms with Gasteiger partial charge in [-0.25, -0.2) is 4.98 Å². The van der Waals surface area contributed by atoms with E-state index in [0.29, 0.717) is 18.3 Å². The average Bonchev–Trinajstić information content (AvgIpc) is 2.60. The van der Waals surface area contributed by atoms with Crippen molar-refractivity contribution >= 4 is 21.5 Å². The number of nitrogens with one attached hydrogen (secondary N) is 1. The van der Waals surface area contributed by atoms with Crippen LogP contribution >= 0.6 is 11.3 Å². The summed E-state index contributed by atoms with van der Waals surface area (Å²) in [5, 5.41) is 13.9. The second kappa shape index (κ2) is 5.62. The van der Waals surface area contributed by atoms with Crippen molar-refractivity contribution in [3.63, 3.8) is 0 Å². The first kappa shape index (κ1) is 11.9. The lowest BCUT2D eigenvalue weighted by molar-refractivity contribution is -0.380. The molecule has 7 heteroatoms. The maximum absolute atomic E-state index is 10.4. The minimum atomic E-state index is -0.451. The van der Waals surface area contributed by atoms with Crippen LogP contribution in [0.2, 0.25) is 0 Å². The van der Waals surface area contributed by atoms with Gasteiger partial charge < -0.3 is 10.1 Å². The molecule has 0 saturated heterocycles. The Hall–Kier alpha value is -1.21. The maximum atomic E-state index is 10.4. The molecule has 0 saturated carbocycles. The van der Waals surface area contributed by atoms with E-state index >= 15 is 0 Å². The van der Waals surface area contributed by atoms with Crippen molar-refractivity contribution in [3.8, 4) is 0 Å². The average molecular weight is 231 g/mol. The van der Waals surface area contributed by atoms with E-state index in [9.17, 15) is 10.1 Å². The summed E-state index contributed by atoms with van der Waals surface area (Å²) in [6.07, 6.45) is 1.44. The number of thiazole rings is 1. The molecule has 0 aliphatic rings. The molecule has 0 bridgehead atoms. The Labute approximate surface area is 91.4 Å². The number of nitro groups is 1. The number of nitrogens with zero attached hydrogens (tertiary/aromatic N) is 2. The molecule has 1 N–H and O–H groups in total. The first-order valence-electron chi connectivity index (χ1n) is 4.55. The summed E-state index contributed by atoms with van der Waals surface area (Å²) in [6, 6.07) is 0. The third-order valence-electron chi connectivity index (χ3n) is 1.50. The van der Waals surface area contributed by atoms with Gasteiger partial charge in [-0.15, -0.1) is 0 Å². The lowest BCUT2D eigenvalue weighted by atomic mass is 10.5. The third-order valence-corrected chi connectivity index (χ3v) is 2.41. The molecule has 0 spiro atoms. The van der Waals surface area contributed by atoms with Crippen molar-refractivity contribution in [2.45, 2.75) is 20.0 Å². The van der Waals surface area contributed by atoms with E-state index in [0.717, 1.165) is 11.3 Å². The highest BCUT2D eigenvalue weighted by Crippen LogP contribution is 2.24. The number of aromatic nitrogens is 1. The fourth-order valence-electron chi connectivity index (χ4n) is 0.884. The molecule has 0 fully saturated rings. The molecule has 1 heterocycles. The molecule has 0 amide bonds. The zero-order chi connectivity index (χ0) is 11.3. The smallest absolute Gasteiger partial charge is 0.345 e. The van der Waals surface area contributed by atoms with Crippen LogP contribution in [0, 0.1) is 10.1 Å². The molecule has 0 aliphatic heterocycles. The topological polar surface area (TPSA) is 77.3 Å². The highest BCUT2D eigenvalue weighted by molar-refractivity contribution is 7.18. The molecule has 0 radical (unpaired) electrons. The van der Waals surface area contributed by atoms with Gasteiger partial charge in [0.15, 0.2) is 5.13 Å². The summed E-state index contributed by atoms with van der Waals surface area (Å²) in [5.41, 5.74) is 0. The van der Waals surface area contributed by atoms with E-state index in [2.05, 4.69) is 10.3 Å². The van der Waals surface area contributed by atoms with Crippen molar-refractivity contribution in [1.82, 2.24) is 4.98 Å². The van der Waals surface area contributed by atoms with Crippen molar-refractivity contribution in [1.29, 1.82) is 0 Å². The van der Waals surface area contributed by atoms with Gasteiger partial charge >= 0.3 is 5.00 Å². The predicted molar refractivity (Wildman–Crippen MR) is 58.3 cm³/mol. The standard InChI is InChI=1S/C8H13N3O3S/c1-6(2)14-4-3-9-8-10-5-7(15-8)11(12)13/h5-6H,3-4H2,1-2H3,(H,9,10). The van der Waals surface area contributed by atoms with Crippen molar-refractivity contribution < 1.29 is 9.66 Å². The van der Waals surface area contributed by atoms with Crippen LogP contribution in [0.5, 0.6) is 0 Å². The van der Waals surface area contributed by atoms with Crippen LogP contribution in [0.4, 0.5) is 10.1 Å². The first-order valence-corrected chi connectivity index (χ1v) is 5.37. The van der Waals surface area contributed by atoms with E-state index < -0.39 is 4.92 Å². The Morgan fingerprint density at radius 2 is 2.47 bits per heavy atom. The molecule has 84 valence electrons. The Morgan fingerprint density at radius 3 is 3.00 bits per heavy atom. The number of hydrogen-bond donors (Lipinski definition) is 1. The fraction of sp³-hybridized carbons (Fsp3) is 0.625. The van der Waals surface area contributed by atoms with Crippen molar-refractivity contribution in [2.24, 2.45) is 0 Å². The van der Waals surface area contributed by atoms with Gasteiger partial charge in [0.25, 0.3) is 0 Å². The van der Waals surface area contributed by atoms with E-state index in [4.69, 9.17) is 4.74 Å². The summed E-state index contributed by atoms with van der Waals surface area (Å²) in [5.74, 6) is 0. The second-order valence-electron chi connectivity index (χ2n) is 3.11. The van der Waals surface area contributed by atoms with Gasteiger partial charge in [0.2, 0.25) is 0 Å². The van der Waals surface area contributed by atoms with Crippen LogP contribution in [0.25, 0.3) is 0 Å². The lowest BCUT2D eigenvalue weighted by Gasteiger charge is -2.06. The Morgan fingerprint density at radius 1 is 1.73 bits per heavy atom. The molecule has 0 unspecified atom stereocenters. The Bertz CT molecular complexity index is 327. The SMILES string of the molecule is CC(C)OCCNc1ncc([N+](=O)[O-])s1. The molecule has 0 aliphatic carbocycles. The number of rotatable bonds is 6. The highest BCUT2D eigenvalue weighted by Gasteiger charge is 2.10. The summed E-state index contributed by atoms with van der Waals surface area (Å²) in [6.45, 7) is 5.07. The number of hydrogen-bond acceptors (Lipinski definition) is 6. The third kappa shape index (κ3) is 4.22. The van der Waals surface area contributed by atoms with E-state index in [1.807, 2.05) is 13.8 Å². The largest absolute Gasteiger partial charge is 0.377 e. The summed E-state index contributed by atoms with van der Waals surface area (Å²) < 4.78 is 5.30. The van der Waals surface area contributed by atoms with Gasteiger partial charge in [0, 0.05) is 6.54 Å². The normalized spacial score (nSPS) is 10.6. The Balaban J connectivity index is 2.29. The van der Waals surface area contributed by atoms with Crippen LogP contribution in [-0.2, 0) is 4.74 Å². The van der Waals surface area contributed by atoms with Gasteiger partial charge in [-0.3, -0.25) is 10.1 Å². The number of ether oxygens (including phenoxy) is 1. The minimum absolute atomic E-state index is 0.0438. The highest BCUT2D eigenvalue weighted by atomic mass is 32.1. The van der Waals surface area contributed by atoms with Gasteiger partial charge in [-0.05, 0) is 25.2 Å². The summed E-state index contributed by atoms with van der Waals surface area (Å²) >= 11 is 1.02. The lowest BCUT2D eigenvalue weighted by Crippen LogP contribution is -2.12. The van der Waals surface area contributed by atoms with Gasteiger partial charge in [0.05, 0.1) is 17.6 Å². The molecule has 6 nitrogen and oxygen atoms in total. The fourth-order valence-corrected chi connectivity index (χ4v) is 1.54. The van der Waals surface area contributed by atoms with Crippen molar-refractivity contribution in [2.75, 3.05) is 18.5 Å². The van der Waals surface area contributed by atoms with Crippen LogP contribution in [-0.4, -0.2) is 29.2 Å². The van der Waals surface area contributed by atoms with Gasteiger partial charge in [-0.2, -0.15) is 0 Å². The molecular formula is C8H13N3O3S. The summed E-state index contributed by atoms with van der Waals surface area (Å²) in [7, 11) is 0. The monoisotopic (exact) mass is 231 g/mol. The minimum Gasteiger partial charge on any atom is -0.377 e. The summed E-state index contributed by atoms with van der Waals surface area (Å²) in [4.78, 5) is 13.8. The molecule has 1 aromatic heterocycles. The first-order chi connectivity index (χ1) is 7.09. The molecule has 1 rings (SSSR count). The molecular weight excluding hydrogens is 218 g/mol. The van der Waals surface area contributed by atoms with Crippen LogP contribution in [0.15, 0.2) is 6.20 Å². The number of anilines is 1. The molecule has 1 aromatic rings. The van der Waals surface area contributed by atoms with Crippen LogP contribution in [0.3, 0.4) is 0 Å². The zero-order valence-electron chi connectivity index (χ0n) is 8.60. The molecule has 0 atom stereocenters. The molecule has 15 heavy (non-hydrogen) atoms. The quantitative estimate of drug-likeness (QED) is 0.459. The van der Waals surface area contributed by atoms with Crippen LogP contribution < -0.4 is 5.32 Å². The van der Waals surface area contributed by atoms with Crippen LogP contribution in [0.1, 0.15) is 13.8 Å². The predicted octanol–water partition coefficient (Wildman–Crippen LogP) is 1.89. The second-order valence-corrected chi connectivity index (χ2v) is 4.12. The van der Waals surface area contributed by atoms with E-state index in [1.54, 1.807) is 0 Å². The maximum Gasteiger partial charge on any atom is 0.345 e. The van der Waals surface area contributed by atoms with E-state index in [1.165, 1.54) is 6.20 Å². The Kier molecular flexibility index (Phi) is 4.44. The zero-order valence-corrected chi connectivity index (χ0v) is 9.41. The van der Waals surface area contributed by atoms with Crippen molar-refractivity contribution in [3.05, 3.63) is 16.3 Å². The molecule has 0 aromatic carbocycles.